The van der Waals surface area contributed by atoms with Gasteiger partial charge in [0.2, 0.25) is 0 Å². The van der Waals surface area contributed by atoms with Gasteiger partial charge in [-0.25, -0.2) is 0 Å². The number of carbonyl (C=O) groups is 1. The monoisotopic (exact) mass is 313 g/mol. The maximum atomic E-state index is 12.6. The van der Waals surface area contributed by atoms with Gasteiger partial charge in [-0.15, -0.1) is 0 Å². The molecule has 0 fully saturated rings. The van der Waals surface area contributed by atoms with Gasteiger partial charge in [0.25, 0.3) is 5.91 Å². The smallest absolute Gasteiger partial charge is 0.272 e. The van der Waals surface area contributed by atoms with Crippen molar-refractivity contribution in [3.8, 4) is 0 Å². The predicted octanol–water partition coefficient (Wildman–Crippen LogP) is 2.52. The van der Waals surface area contributed by atoms with Gasteiger partial charge in [0, 0.05) is 30.8 Å². The molecular formula is C18H23N3O2. The number of fused-ring (bicyclic) bond motifs is 1. The summed E-state index contributed by atoms with van der Waals surface area (Å²) in [4.78, 5) is 12.6. The second kappa shape index (κ2) is 6.54. The van der Waals surface area contributed by atoms with Crippen molar-refractivity contribution in [1.82, 2.24) is 15.1 Å². The van der Waals surface area contributed by atoms with Crippen molar-refractivity contribution in [2.24, 2.45) is 0 Å². The summed E-state index contributed by atoms with van der Waals surface area (Å²) in [6.07, 6.45) is 0.820. The Hall–Kier alpha value is -2.14. The van der Waals surface area contributed by atoms with Crippen LogP contribution in [0.3, 0.4) is 0 Å². The lowest BCUT2D eigenvalue weighted by atomic mass is 10.1. The zero-order chi connectivity index (χ0) is 16.4. The van der Waals surface area contributed by atoms with Crippen LogP contribution in [0, 0.1) is 13.8 Å². The molecule has 1 aromatic carbocycles. The fourth-order valence-electron chi connectivity index (χ4n) is 3.00. The van der Waals surface area contributed by atoms with Gasteiger partial charge in [-0.3, -0.25) is 9.48 Å². The molecule has 0 atom stereocenters. The van der Waals surface area contributed by atoms with Gasteiger partial charge >= 0.3 is 0 Å². The summed E-state index contributed by atoms with van der Waals surface area (Å²) < 4.78 is 7.43. The average Bonchev–Trinajstić information content (AvgIpc) is 2.94. The molecule has 1 N–H and O–H groups in total. The average molecular weight is 313 g/mol. The Morgan fingerprint density at radius 2 is 2.22 bits per heavy atom. The van der Waals surface area contributed by atoms with E-state index in [1.165, 1.54) is 11.1 Å². The Labute approximate surface area is 136 Å². The molecule has 5 heteroatoms. The summed E-state index contributed by atoms with van der Waals surface area (Å²) >= 11 is 0. The highest BCUT2D eigenvalue weighted by Crippen LogP contribution is 2.21. The first-order valence-electron chi connectivity index (χ1n) is 8.10. The molecule has 1 amide bonds. The largest absolute Gasteiger partial charge is 0.376 e. The van der Waals surface area contributed by atoms with E-state index in [9.17, 15) is 4.79 Å². The minimum atomic E-state index is -0.125. The molecule has 3 rings (SSSR count). The van der Waals surface area contributed by atoms with E-state index >= 15 is 0 Å². The number of rotatable bonds is 4. The van der Waals surface area contributed by atoms with Gasteiger partial charge in [0.15, 0.2) is 5.69 Å². The van der Waals surface area contributed by atoms with Crippen molar-refractivity contribution in [1.29, 1.82) is 0 Å². The third-order valence-electron chi connectivity index (χ3n) is 4.35. The molecule has 0 saturated heterocycles. The van der Waals surface area contributed by atoms with Crippen LogP contribution >= 0.6 is 0 Å². The number of carbonyl (C=O) groups excluding carboxylic acids is 1. The number of nitrogens with one attached hydrogen (secondary N) is 1. The number of ether oxygens (including phenoxy) is 1. The zero-order valence-corrected chi connectivity index (χ0v) is 14.0. The third-order valence-corrected chi connectivity index (χ3v) is 4.35. The van der Waals surface area contributed by atoms with E-state index in [0.717, 1.165) is 29.8 Å². The predicted molar refractivity (Wildman–Crippen MR) is 88.3 cm³/mol. The van der Waals surface area contributed by atoms with Crippen molar-refractivity contribution in [2.75, 3.05) is 6.61 Å². The van der Waals surface area contributed by atoms with Crippen molar-refractivity contribution in [3.63, 3.8) is 0 Å². The van der Waals surface area contributed by atoms with Crippen molar-refractivity contribution < 1.29 is 9.53 Å². The summed E-state index contributed by atoms with van der Waals surface area (Å²) in [5, 5.41) is 7.49. The quantitative estimate of drug-likeness (QED) is 0.943. The molecule has 2 aromatic rings. The topological polar surface area (TPSA) is 56.2 Å². The number of aryl methyl sites for hydroxylation is 3. The van der Waals surface area contributed by atoms with Crippen molar-refractivity contribution >= 4 is 5.91 Å². The first-order valence-corrected chi connectivity index (χ1v) is 8.10. The van der Waals surface area contributed by atoms with E-state index < -0.39 is 0 Å². The van der Waals surface area contributed by atoms with Crippen LogP contribution in [0.15, 0.2) is 18.2 Å². The van der Waals surface area contributed by atoms with Gasteiger partial charge in [-0.05, 0) is 31.9 Å². The van der Waals surface area contributed by atoms with Crippen LogP contribution < -0.4 is 5.32 Å². The highest BCUT2D eigenvalue weighted by Gasteiger charge is 2.24. The maximum absolute atomic E-state index is 12.6. The Balaban J connectivity index is 1.78. The number of aromatic nitrogens is 2. The molecule has 0 bridgehead atoms. The number of hydrogen-bond donors (Lipinski definition) is 1. The fourth-order valence-corrected chi connectivity index (χ4v) is 3.00. The van der Waals surface area contributed by atoms with Crippen LogP contribution in [0.5, 0.6) is 0 Å². The minimum Gasteiger partial charge on any atom is -0.376 e. The van der Waals surface area contributed by atoms with Gasteiger partial charge in [-0.1, -0.05) is 23.8 Å². The van der Waals surface area contributed by atoms with E-state index in [0.29, 0.717) is 25.5 Å². The summed E-state index contributed by atoms with van der Waals surface area (Å²) in [5.74, 6) is -0.125. The molecule has 122 valence electrons. The lowest BCUT2D eigenvalue weighted by molar-refractivity contribution is 0.0922. The summed E-state index contributed by atoms with van der Waals surface area (Å²) in [6.45, 7) is 8.61. The Morgan fingerprint density at radius 1 is 1.39 bits per heavy atom. The SMILES string of the molecule is CCn1nc(C(=O)NCc2cc(C)ccc2C)c2c1CCOC2. The summed E-state index contributed by atoms with van der Waals surface area (Å²) in [5.41, 5.74) is 6.10. The van der Waals surface area contributed by atoms with E-state index in [4.69, 9.17) is 4.74 Å². The lowest BCUT2D eigenvalue weighted by Crippen LogP contribution is -2.25. The highest BCUT2D eigenvalue weighted by atomic mass is 16.5. The van der Waals surface area contributed by atoms with Crippen LogP contribution in [0.2, 0.25) is 0 Å². The number of hydrogen-bond acceptors (Lipinski definition) is 3. The highest BCUT2D eigenvalue weighted by molar-refractivity contribution is 5.94. The Morgan fingerprint density at radius 3 is 3.00 bits per heavy atom. The number of amides is 1. The number of nitrogens with zero attached hydrogens (tertiary/aromatic N) is 2. The summed E-state index contributed by atoms with van der Waals surface area (Å²) in [7, 11) is 0. The van der Waals surface area contributed by atoms with E-state index in [2.05, 4.69) is 42.5 Å². The molecule has 1 aliphatic heterocycles. The third kappa shape index (κ3) is 3.15. The van der Waals surface area contributed by atoms with Gasteiger partial charge < -0.3 is 10.1 Å². The standard InChI is InChI=1S/C18H23N3O2/c1-4-21-16-7-8-23-11-15(16)17(20-21)18(22)19-10-14-9-12(2)5-6-13(14)3/h5-6,9H,4,7-8,10-11H2,1-3H3,(H,19,22). The molecule has 5 nitrogen and oxygen atoms in total. The van der Waals surface area contributed by atoms with Crippen LogP contribution in [-0.2, 0) is 30.9 Å². The molecule has 1 aromatic heterocycles. The van der Waals surface area contributed by atoms with Crippen molar-refractivity contribution in [2.45, 2.75) is 46.9 Å². The first kappa shape index (κ1) is 15.7. The Kier molecular flexibility index (Phi) is 4.48. The van der Waals surface area contributed by atoms with Gasteiger partial charge in [-0.2, -0.15) is 5.10 Å². The molecule has 0 unspecified atom stereocenters. The van der Waals surface area contributed by atoms with Gasteiger partial charge in [0.1, 0.15) is 0 Å². The molecule has 2 heterocycles. The molecular weight excluding hydrogens is 290 g/mol. The molecule has 0 aliphatic carbocycles. The lowest BCUT2D eigenvalue weighted by Gasteiger charge is -2.14. The van der Waals surface area contributed by atoms with E-state index in [1.807, 2.05) is 11.6 Å². The van der Waals surface area contributed by atoms with Gasteiger partial charge in [0.05, 0.1) is 13.2 Å². The normalized spacial score (nSPS) is 13.7. The van der Waals surface area contributed by atoms with E-state index in [-0.39, 0.29) is 5.91 Å². The van der Waals surface area contributed by atoms with Crippen LogP contribution in [0.25, 0.3) is 0 Å². The van der Waals surface area contributed by atoms with Crippen LogP contribution in [-0.4, -0.2) is 22.3 Å². The molecule has 23 heavy (non-hydrogen) atoms. The second-order valence-electron chi connectivity index (χ2n) is 6.00. The molecule has 0 spiro atoms. The minimum absolute atomic E-state index is 0.125. The van der Waals surface area contributed by atoms with E-state index in [1.54, 1.807) is 0 Å². The first-order chi connectivity index (χ1) is 11.1. The zero-order valence-electron chi connectivity index (χ0n) is 14.0. The molecule has 0 saturated carbocycles. The fraction of sp³-hybridized carbons (Fsp3) is 0.444. The Bertz CT molecular complexity index is 734. The summed E-state index contributed by atoms with van der Waals surface area (Å²) in [6, 6.07) is 6.27. The number of benzene rings is 1. The molecule has 1 aliphatic rings. The van der Waals surface area contributed by atoms with Crippen LogP contribution in [0.1, 0.15) is 45.4 Å². The van der Waals surface area contributed by atoms with Crippen LogP contribution in [0.4, 0.5) is 0 Å². The van der Waals surface area contributed by atoms with Crippen molar-refractivity contribution in [3.05, 3.63) is 51.8 Å². The second-order valence-corrected chi connectivity index (χ2v) is 6.00. The molecule has 0 radical (unpaired) electrons. The maximum Gasteiger partial charge on any atom is 0.272 e.